The maximum absolute atomic E-state index is 12.6. The number of hydrogen-bond acceptors (Lipinski definition) is 2. The second kappa shape index (κ2) is 7.02. The molecule has 2 nitrogen and oxygen atoms in total. The summed E-state index contributed by atoms with van der Waals surface area (Å²) in [5.74, 6) is 0. The Morgan fingerprint density at radius 2 is 1.44 bits per heavy atom. The molecule has 25 heavy (non-hydrogen) atoms. The fraction of sp³-hybridized carbons (Fsp3) is 0.300. The summed E-state index contributed by atoms with van der Waals surface area (Å²) >= 11 is 0. The van der Waals surface area contributed by atoms with Crippen LogP contribution in [-0.2, 0) is 10.3 Å². The quantitative estimate of drug-likeness (QED) is 0.801. The number of hydrogen-bond donors (Lipinski definition) is 1. The zero-order valence-electron chi connectivity index (χ0n) is 13.5. The Kier molecular flexibility index (Phi) is 4.97. The van der Waals surface area contributed by atoms with Crippen LogP contribution >= 0.6 is 0 Å². The van der Waals surface area contributed by atoms with Crippen molar-refractivity contribution in [1.82, 2.24) is 0 Å². The van der Waals surface area contributed by atoms with E-state index in [-0.39, 0.29) is 0 Å². The van der Waals surface area contributed by atoms with Crippen LogP contribution in [0.5, 0.6) is 0 Å². The molecule has 0 bridgehead atoms. The normalized spacial score (nSPS) is 18.2. The zero-order chi connectivity index (χ0) is 17.9. The van der Waals surface area contributed by atoms with Crippen molar-refractivity contribution in [3.63, 3.8) is 0 Å². The first-order valence-corrected chi connectivity index (χ1v) is 8.13. The van der Waals surface area contributed by atoms with Gasteiger partial charge in [-0.25, -0.2) is 0 Å². The third-order valence-corrected chi connectivity index (χ3v) is 4.39. The van der Waals surface area contributed by atoms with Crippen LogP contribution in [0.3, 0.4) is 0 Å². The molecule has 0 amide bonds. The third-order valence-electron chi connectivity index (χ3n) is 4.39. The highest BCUT2D eigenvalue weighted by molar-refractivity contribution is 5.47. The molecule has 3 rings (SSSR count). The lowest BCUT2D eigenvalue weighted by Gasteiger charge is -2.34. The second-order valence-electron chi connectivity index (χ2n) is 6.09. The average molecular weight is 348 g/mol. The number of benzene rings is 2. The van der Waals surface area contributed by atoms with E-state index in [0.29, 0.717) is 29.5 Å². The molecule has 0 heterocycles. The van der Waals surface area contributed by atoms with Crippen molar-refractivity contribution >= 4 is 0 Å². The molecule has 0 aliphatic heterocycles. The Morgan fingerprint density at radius 3 is 1.92 bits per heavy atom. The molecule has 0 fully saturated rings. The van der Waals surface area contributed by atoms with E-state index in [1.54, 1.807) is 54.6 Å². The van der Waals surface area contributed by atoms with E-state index in [2.05, 4.69) is 0 Å². The first kappa shape index (κ1) is 17.7. The van der Waals surface area contributed by atoms with Gasteiger partial charge in [0.2, 0.25) is 0 Å². The Balaban J connectivity index is 2.00. The number of rotatable bonds is 5. The van der Waals surface area contributed by atoms with Crippen molar-refractivity contribution in [3.05, 3.63) is 83.4 Å². The van der Waals surface area contributed by atoms with E-state index in [9.17, 15) is 18.3 Å². The Morgan fingerprint density at radius 1 is 0.920 bits per heavy atom. The molecule has 0 spiro atoms. The molecule has 2 aromatic rings. The third kappa shape index (κ3) is 3.78. The van der Waals surface area contributed by atoms with Gasteiger partial charge < -0.3 is 9.84 Å². The fourth-order valence-corrected chi connectivity index (χ4v) is 3.28. The van der Waals surface area contributed by atoms with Gasteiger partial charge in [-0.05, 0) is 29.5 Å². The van der Waals surface area contributed by atoms with Crippen LogP contribution in [-0.4, -0.2) is 24.0 Å². The molecule has 0 unspecified atom stereocenters. The molecular formula is C20H19F3O2. The molecule has 0 saturated carbocycles. The van der Waals surface area contributed by atoms with E-state index >= 15 is 0 Å². The van der Waals surface area contributed by atoms with Crippen molar-refractivity contribution in [3.8, 4) is 0 Å². The molecule has 2 aromatic carbocycles. The minimum Gasteiger partial charge on any atom is -0.376 e. The zero-order valence-corrected chi connectivity index (χ0v) is 13.5. The predicted molar refractivity (Wildman–Crippen MR) is 89.0 cm³/mol. The maximum atomic E-state index is 12.6. The average Bonchev–Trinajstić information content (AvgIpc) is 3.09. The molecule has 132 valence electrons. The van der Waals surface area contributed by atoms with Crippen LogP contribution in [0.2, 0.25) is 0 Å². The molecule has 1 atom stereocenters. The summed E-state index contributed by atoms with van der Waals surface area (Å²) in [7, 11) is 0. The van der Waals surface area contributed by atoms with E-state index in [4.69, 9.17) is 4.74 Å². The standard InChI is InChI=1S/C20H19F3O2/c21-19(22,23)14-25-18-13-7-12-17(18)20(24,15-8-3-1-4-9-15)16-10-5-2-6-11-16/h1-6,8-12,18,24H,7,13-14H2/t18-/m1/s1. The molecule has 1 aliphatic rings. The minimum atomic E-state index is -4.40. The summed E-state index contributed by atoms with van der Waals surface area (Å²) in [6, 6.07) is 17.9. The molecular weight excluding hydrogens is 329 g/mol. The van der Waals surface area contributed by atoms with Crippen molar-refractivity contribution in [2.24, 2.45) is 0 Å². The molecule has 0 aromatic heterocycles. The maximum Gasteiger partial charge on any atom is 0.411 e. The van der Waals surface area contributed by atoms with E-state index < -0.39 is 24.5 Å². The summed E-state index contributed by atoms with van der Waals surface area (Å²) in [5.41, 5.74) is 0.161. The Labute approximate surface area is 144 Å². The Bertz CT molecular complexity index is 684. The molecule has 0 saturated heterocycles. The smallest absolute Gasteiger partial charge is 0.376 e. The summed E-state index contributed by atoms with van der Waals surface area (Å²) in [5, 5.41) is 11.6. The topological polar surface area (TPSA) is 29.5 Å². The molecule has 1 aliphatic carbocycles. The van der Waals surface area contributed by atoms with Gasteiger partial charge in [-0.15, -0.1) is 0 Å². The van der Waals surface area contributed by atoms with Crippen LogP contribution in [0.4, 0.5) is 13.2 Å². The SMILES string of the molecule is OC(C1=CCC[C@H]1OCC(F)(F)F)(c1ccccc1)c1ccccc1. The lowest BCUT2D eigenvalue weighted by Crippen LogP contribution is -2.36. The highest BCUT2D eigenvalue weighted by Crippen LogP contribution is 2.43. The van der Waals surface area contributed by atoms with Crippen molar-refractivity contribution in [2.45, 2.75) is 30.7 Å². The highest BCUT2D eigenvalue weighted by atomic mass is 19.4. The second-order valence-corrected chi connectivity index (χ2v) is 6.09. The number of halogens is 3. The van der Waals surface area contributed by atoms with E-state index in [1.165, 1.54) is 0 Å². The van der Waals surface area contributed by atoms with Crippen LogP contribution in [0.1, 0.15) is 24.0 Å². The van der Waals surface area contributed by atoms with Crippen LogP contribution in [0.25, 0.3) is 0 Å². The number of alkyl halides is 3. The van der Waals surface area contributed by atoms with Crippen LogP contribution < -0.4 is 0 Å². The molecule has 0 radical (unpaired) electrons. The Hall–Kier alpha value is -2.11. The van der Waals surface area contributed by atoms with Crippen molar-refractivity contribution < 1.29 is 23.0 Å². The number of ether oxygens (including phenoxy) is 1. The van der Waals surface area contributed by atoms with Gasteiger partial charge in [0.25, 0.3) is 0 Å². The highest BCUT2D eigenvalue weighted by Gasteiger charge is 2.42. The summed E-state index contributed by atoms with van der Waals surface area (Å²) < 4.78 is 42.8. The first-order valence-electron chi connectivity index (χ1n) is 8.13. The number of aliphatic hydroxyl groups is 1. The lowest BCUT2D eigenvalue weighted by atomic mass is 9.79. The molecule has 5 heteroatoms. The largest absolute Gasteiger partial charge is 0.411 e. The van der Waals surface area contributed by atoms with Gasteiger partial charge in [0.05, 0.1) is 6.10 Å². The van der Waals surface area contributed by atoms with Crippen molar-refractivity contribution in [2.75, 3.05) is 6.61 Å². The summed E-state index contributed by atoms with van der Waals surface area (Å²) in [6.07, 6.45) is -2.38. The monoisotopic (exact) mass is 348 g/mol. The van der Waals surface area contributed by atoms with Gasteiger partial charge in [0.15, 0.2) is 0 Å². The summed E-state index contributed by atoms with van der Waals surface area (Å²) in [4.78, 5) is 0. The first-order chi connectivity index (χ1) is 11.9. The van der Waals surface area contributed by atoms with Gasteiger partial charge >= 0.3 is 6.18 Å². The van der Waals surface area contributed by atoms with Crippen LogP contribution in [0.15, 0.2) is 72.3 Å². The van der Waals surface area contributed by atoms with Gasteiger partial charge in [-0.3, -0.25) is 0 Å². The van der Waals surface area contributed by atoms with Gasteiger partial charge in [0.1, 0.15) is 12.2 Å². The fourth-order valence-electron chi connectivity index (χ4n) is 3.28. The van der Waals surface area contributed by atoms with Crippen molar-refractivity contribution in [1.29, 1.82) is 0 Å². The molecule has 1 N–H and O–H groups in total. The minimum absolute atomic E-state index is 0.424. The van der Waals surface area contributed by atoms with E-state index in [1.807, 2.05) is 12.1 Å². The van der Waals surface area contributed by atoms with Crippen LogP contribution in [0, 0.1) is 0 Å². The van der Waals surface area contributed by atoms with E-state index in [0.717, 1.165) is 0 Å². The lowest BCUT2D eigenvalue weighted by molar-refractivity contribution is -0.183. The van der Waals surface area contributed by atoms with Gasteiger partial charge in [-0.1, -0.05) is 66.7 Å². The predicted octanol–water partition coefficient (Wildman–Crippen LogP) is 4.59. The van der Waals surface area contributed by atoms with Gasteiger partial charge in [0, 0.05) is 0 Å². The van der Waals surface area contributed by atoms with Gasteiger partial charge in [-0.2, -0.15) is 13.2 Å². The summed E-state index contributed by atoms with van der Waals surface area (Å²) in [6.45, 7) is -1.32. The number of allylic oxidation sites excluding steroid dienone is 1.